The molecule has 1 amide bonds. The number of carbonyl (C=O) groups is 1. The lowest BCUT2D eigenvalue weighted by Crippen LogP contribution is -2.26. The highest BCUT2D eigenvalue weighted by atomic mass is 16.1. The molecule has 1 aliphatic heterocycles. The van der Waals surface area contributed by atoms with Gasteiger partial charge >= 0.3 is 0 Å². The number of hydrogen-bond acceptors (Lipinski definition) is 4. The van der Waals surface area contributed by atoms with Gasteiger partial charge in [-0.15, -0.1) is 10.2 Å². The first-order valence-electron chi connectivity index (χ1n) is 7.59. The molecule has 3 heterocycles. The number of nitrogens with one attached hydrogen (secondary N) is 2. The van der Waals surface area contributed by atoms with Crippen molar-refractivity contribution < 1.29 is 4.79 Å². The average molecular weight is 287 g/mol. The summed E-state index contributed by atoms with van der Waals surface area (Å²) in [6, 6.07) is 5.81. The Morgan fingerprint density at radius 2 is 2.38 bits per heavy atom. The highest BCUT2D eigenvalue weighted by molar-refractivity contribution is 5.75. The molecule has 2 aromatic heterocycles. The predicted molar refractivity (Wildman–Crippen MR) is 79.9 cm³/mol. The molecule has 2 N–H and O–H groups in total. The van der Waals surface area contributed by atoms with Crippen molar-refractivity contribution in [2.45, 2.75) is 25.7 Å². The van der Waals surface area contributed by atoms with E-state index >= 15 is 0 Å². The van der Waals surface area contributed by atoms with Crippen LogP contribution < -0.4 is 10.6 Å². The molecule has 0 saturated carbocycles. The van der Waals surface area contributed by atoms with E-state index in [1.54, 1.807) is 0 Å². The van der Waals surface area contributed by atoms with Crippen LogP contribution in [0.5, 0.6) is 0 Å². The molecule has 21 heavy (non-hydrogen) atoms. The van der Waals surface area contributed by atoms with Gasteiger partial charge in [-0.2, -0.15) is 0 Å². The molecule has 0 spiro atoms. The molecule has 1 atom stereocenters. The van der Waals surface area contributed by atoms with E-state index in [0.717, 1.165) is 31.0 Å². The van der Waals surface area contributed by atoms with Crippen LogP contribution in [0.15, 0.2) is 24.4 Å². The molecule has 1 unspecified atom stereocenters. The van der Waals surface area contributed by atoms with Crippen LogP contribution in [-0.2, 0) is 11.2 Å². The number of nitrogens with zero attached hydrogens (tertiary/aromatic N) is 3. The van der Waals surface area contributed by atoms with Crippen LogP contribution >= 0.6 is 0 Å². The van der Waals surface area contributed by atoms with Gasteiger partial charge in [0, 0.05) is 25.6 Å². The van der Waals surface area contributed by atoms with Gasteiger partial charge in [0.15, 0.2) is 5.65 Å². The first-order valence-corrected chi connectivity index (χ1v) is 7.59. The molecule has 3 rings (SSSR count). The Morgan fingerprint density at radius 1 is 1.43 bits per heavy atom. The van der Waals surface area contributed by atoms with Crippen molar-refractivity contribution >= 4 is 11.6 Å². The number of pyridine rings is 1. The SMILES string of the molecule is O=C(CCC1CCNC1)NCCc1nnc2ccccn12. The van der Waals surface area contributed by atoms with Gasteiger partial charge in [-0.1, -0.05) is 6.07 Å². The van der Waals surface area contributed by atoms with Crippen LogP contribution in [0.2, 0.25) is 0 Å². The van der Waals surface area contributed by atoms with Gasteiger partial charge in [-0.3, -0.25) is 9.20 Å². The third kappa shape index (κ3) is 3.58. The summed E-state index contributed by atoms with van der Waals surface area (Å²) in [5.41, 5.74) is 0.840. The maximum Gasteiger partial charge on any atom is 0.220 e. The number of carbonyl (C=O) groups excluding carboxylic acids is 1. The van der Waals surface area contributed by atoms with Crippen LogP contribution in [0, 0.1) is 5.92 Å². The summed E-state index contributed by atoms with van der Waals surface area (Å²) >= 11 is 0. The van der Waals surface area contributed by atoms with Crippen molar-refractivity contribution in [3.8, 4) is 0 Å². The molecule has 6 heteroatoms. The first kappa shape index (κ1) is 14.0. The van der Waals surface area contributed by atoms with E-state index < -0.39 is 0 Å². The fourth-order valence-corrected chi connectivity index (χ4v) is 2.76. The van der Waals surface area contributed by atoms with Crippen LogP contribution in [0.4, 0.5) is 0 Å². The number of fused-ring (bicyclic) bond motifs is 1. The molecular formula is C15H21N5O. The van der Waals surface area contributed by atoms with Crippen molar-refractivity contribution in [3.05, 3.63) is 30.2 Å². The smallest absolute Gasteiger partial charge is 0.220 e. The van der Waals surface area contributed by atoms with Gasteiger partial charge in [0.1, 0.15) is 5.82 Å². The Balaban J connectivity index is 1.42. The van der Waals surface area contributed by atoms with Crippen LogP contribution in [-0.4, -0.2) is 40.1 Å². The zero-order chi connectivity index (χ0) is 14.5. The fraction of sp³-hybridized carbons (Fsp3) is 0.533. The number of hydrogen-bond donors (Lipinski definition) is 2. The molecule has 1 saturated heterocycles. The summed E-state index contributed by atoms with van der Waals surface area (Å²) in [6.07, 6.45) is 5.43. The van der Waals surface area contributed by atoms with Gasteiger partial charge in [-0.05, 0) is 44.0 Å². The number of rotatable bonds is 6. The summed E-state index contributed by atoms with van der Waals surface area (Å²) in [5.74, 6) is 1.68. The number of amides is 1. The largest absolute Gasteiger partial charge is 0.356 e. The van der Waals surface area contributed by atoms with Gasteiger partial charge in [0.25, 0.3) is 0 Å². The summed E-state index contributed by atoms with van der Waals surface area (Å²) < 4.78 is 1.95. The Labute approximate surface area is 123 Å². The molecule has 6 nitrogen and oxygen atoms in total. The number of aromatic nitrogens is 3. The molecule has 0 bridgehead atoms. The van der Waals surface area contributed by atoms with Crippen molar-refractivity contribution in [2.75, 3.05) is 19.6 Å². The topological polar surface area (TPSA) is 71.3 Å². The quantitative estimate of drug-likeness (QED) is 0.823. The van der Waals surface area contributed by atoms with E-state index in [-0.39, 0.29) is 5.91 Å². The van der Waals surface area contributed by atoms with E-state index in [0.29, 0.717) is 25.3 Å². The minimum absolute atomic E-state index is 0.135. The molecule has 0 aromatic carbocycles. The molecule has 1 fully saturated rings. The van der Waals surface area contributed by atoms with E-state index in [2.05, 4.69) is 20.8 Å². The second kappa shape index (κ2) is 6.67. The van der Waals surface area contributed by atoms with Crippen molar-refractivity contribution in [3.63, 3.8) is 0 Å². The lowest BCUT2D eigenvalue weighted by Gasteiger charge is -2.08. The summed E-state index contributed by atoms with van der Waals surface area (Å²) in [4.78, 5) is 11.8. The highest BCUT2D eigenvalue weighted by Gasteiger charge is 2.15. The van der Waals surface area contributed by atoms with E-state index in [1.165, 1.54) is 6.42 Å². The van der Waals surface area contributed by atoms with E-state index in [9.17, 15) is 4.79 Å². The minimum Gasteiger partial charge on any atom is -0.356 e. The lowest BCUT2D eigenvalue weighted by atomic mass is 10.0. The summed E-state index contributed by atoms with van der Waals surface area (Å²) in [5, 5.41) is 14.5. The monoisotopic (exact) mass is 287 g/mol. The Bertz CT molecular complexity index is 603. The third-order valence-electron chi connectivity index (χ3n) is 4.00. The molecule has 2 aromatic rings. The van der Waals surface area contributed by atoms with Crippen molar-refractivity contribution in [1.29, 1.82) is 0 Å². The highest BCUT2D eigenvalue weighted by Crippen LogP contribution is 2.13. The van der Waals surface area contributed by atoms with Gasteiger partial charge in [0.05, 0.1) is 0 Å². The van der Waals surface area contributed by atoms with Gasteiger partial charge in [0.2, 0.25) is 5.91 Å². The molecular weight excluding hydrogens is 266 g/mol. The van der Waals surface area contributed by atoms with E-state index in [1.807, 2.05) is 28.8 Å². The van der Waals surface area contributed by atoms with Gasteiger partial charge < -0.3 is 10.6 Å². The fourth-order valence-electron chi connectivity index (χ4n) is 2.76. The summed E-state index contributed by atoms with van der Waals surface area (Å²) in [7, 11) is 0. The minimum atomic E-state index is 0.135. The normalized spacial score (nSPS) is 18.2. The Morgan fingerprint density at radius 3 is 3.24 bits per heavy atom. The first-order chi connectivity index (χ1) is 10.3. The van der Waals surface area contributed by atoms with Crippen LogP contribution in [0.3, 0.4) is 0 Å². The van der Waals surface area contributed by atoms with Crippen molar-refractivity contribution in [1.82, 2.24) is 25.2 Å². The third-order valence-corrected chi connectivity index (χ3v) is 4.00. The Hall–Kier alpha value is -1.95. The molecule has 0 aliphatic carbocycles. The molecule has 1 aliphatic rings. The zero-order valence-corrected chi connectivity index (χ0v) is 12.1. The molecule has 0 radical (unpaired) electrons. The van der Waals surface area contributed by atoms with Crippen LogP contribution in [0.25, 0.3) is 5.65 Å². The second-order valence-electron chi connectivity index (χ2n) is 5.54. The lowest BCUT2D eigenvalue weighted by molar-refractivity contribution is -0.121. The van der Waals surface area contributed by atoms with Gasteiger partial charge in [-0.25, -0.2) is 0 Å². The Kier molecular flexibility index (Phi) is 4.45. The average Bonchev–Trinajstić information content (AvgIpc) is 3.15. The van der Waals surface area contributed by atoms with E-state index in [4.69, 9.17) is 0 Å². The molecule has 112 valence electrons. The maximum atomic E-state index is 11.8. The van der Waals surface area contributed by atoms with Crippen LogP contribution in [0.1, 0.15) is 25.1 Å². The van der Waals surface area contributed by atoms with Crippen molar-refractivity contribution in [2.24, 2.45) is 5.92 Å². The standard InChI is InChI=1S/C15H21N5O/c21-15(5-4-12-6-8-16-11-12)17-9-7-14-19-18-13-3-1-2-10-20(13)14/h1-3,10,12,16H,4-9,11H2,(H,17,21). The maximum absolute atomic E-state index is 11.8. The second-order valence-corrected chi connectivity index (χ2v) is 5.54. The summed E-state index contributed by atoms with van der Waals surface area (Å²) in [6.45, 7) is 2.75. The predicted octanol–water partition coefficient (Wildman–Crippen LogP) is 0.778. The zero-order valence-electron chi connectivity index (χ0n) is 12.1.